The van der Waals surface area contributed by atoms with Crippen molar-refractivity contribution < 1.29 is 14.9 Å². The second kappa shape index (κ2) is 3.38. The zero-order valence-electron chi connectivity index (χ0n) is 6.68. The van der Waals surface area contributed by atoms with Crippen LogP contribution in [0.5, 0.6) is 0 Å². The fourth-order valence-electron chi connectivity index (χ4n) is 1.20. The number of ether oxygens (including phenoxy) is 1. The van der Waals surface area contributed by atoms with Crippen molar-refractivity contribution in [3.8, 4) is 0 Å². The molecule has 1 aliphatic heterocycles. The van der Waals surface area contributed by atoms with Crippen LogP contribution in [-0.2, 0) is 10.7 Å². The quantitative estimate of drug-likeness (QED) is 0.619. The average molecular weight is 201 g/mol. The normalized spacial score (nSPS) is 16.8. The van der Waals surface area contributed by atoms with Crippen LogP contribution < -0.4 is 0 Å². The van der Waals surface area contributed by atoms with Crippen LogP contribution in [0.1, 0.15) is 11.1 Å². The molecule has 2 N–H and O–H groups in total. The van der Waals surface area contributed by atoms with Crippen molar-refractivity contribution in [3.63, 3.8) is 0 Å². The van der Waals surface area contributed by atoms with E-state index in [4.69, 9.17) is 0 Å². The molecular weight excluding hydrogens is 192 g/mol. The van der Waals surface area contributed by atoms with Crippen LogP contribution in [-0.4, -0.2) is 10.2 Å². The molecule has 1 heterocycles. The Balaban J connectivity index is 0.000000845. The van der Waals surface area contributed by atoms with Gasteiger partial charge >= 0.3 is 5.97 Å². The van der Waals surface area contributed by atoms with E-state index in [0.29, 0.717) is 5.56 Å². The molecule has 0 saturated heterocycles. The van der Waals surface area contributed by atoms with Gasteiger partial charge in [-0.3, -0.25) is 0 Å². The Morgan fingerprint density at radius 2 is 1.85 bits per heavy atom. The molecule has 1 aromatic carbocycles. The van der Waals surface area contributed by atoms with Gasteiger partial charge in [0.2, 0.25) is 0 Å². The molecule has 2 rings (SSSR count). The summed E-state index contributed by atoms with van der Waals surface area (Å²) in [4.78, 5) is 0. The zero-order valence-corrected chi connectivity index (χ0v) is 7.49. The van der Waals surface area contributed by atoms with E-state index in [-0.39, 0.29) is 12.4 Å². The molecule has 0 radical (unpaired) electrons. The summed E-state index contributed by atoms with van der Waals surface area (Å²) in [6.07, 6.45) is 2.95. The molecule has 4 heteroatoms. The van der Waals surface area contributed by atoms with E-state index in [1.807, 2.05) is 6.07 Å². The van der Waals surface area contributed by atoms with Gasteiger partial charge in [0, 0.05) is 0 Å². The van der Waals surface area contributed by atoms with E-state index in [1.165, 1.54) is 6.26 Å². The predicted octanol–water partition coefficient (Wildman–Crippen LogP) is 1.20. The molecule has 70 valence electrons. The van der Waals surface area contributed by atoms with E-state index >= 15 is 0 Å². The standard InChI is InChI=1S/C9H8O3.ClH/c10-9(11)8-4-2-1-3-7(8)5-6-12-9;/h1-6,10-11H;1H. The Labute approximate surface area is 81.7 Å². The first-order valence-corrected chi connectivity index (χ1v) is 3.59. The highest BCUT2D eigenvalue weighted by atomic mass is 35.5. The number of aliphatic hydroxyl groups is 2. The Kier molecular flexibility index (Phi) is 2.61. The first-order chi connectivity index (χ1) is 5.70. The van der Waals surface area contributed by atoms with Crippen LogP contribution in [0.15, 0.2) is 30.5 Å². The lowest BCUT2D eigenvalue weighted by Gasteiger charge is -2.25. The number of hydrogen-bond acceptors (Lipinski definition) is 3. The van der Waals surface area contributed by atoms with Crippen molar-refractivity contribution >= 4 is 18.5 Å². The predicted molar refractivity (Wildman–Crippen MR) is 49.9 cm³/mol. The monoisotopic (exact) mass is 200 g/mol. The highest BCUT2D eigenvalue weighted by molar-refractivity contribution is 5.85. The molecule has 3 nitrogen and oxygen atoms in total. The van der Waals surface area contributed by atoms with Gasteiger partial charge in [-0.1, -0.05) is 18.2 Å². The van der Waals surface area contributed by atoms with Crippen molar-refractivity contribution in [2.45, 2.75) is 5.97 Å². The van der Waals surface area contributed by atoms with Crippen LogP contribution in [0.3, 0.4) is 0 Å². The summed E-state index contributed by atoms with van der Waals surface area (Å²) in [6.45, 7) is 0. The SMILES string of the molecule is Cl.OC1(O)OC=Cc2ccccc21. The summed E-state index contributed by atoms with van der Waals surface area (Å²) in [7, 11) is 0. The van der Waals surface area contributed by atoms with Crippen molar-refractivity contribution in [3.05, 3.63) is 41.7 Å². The average Bonchev–Trinajstić information content (AvgIpc) is 2.04. The number of halogens is 1. The Morgan fingerprint density at radius 3 is 2.54 bits per heavy atom. The van der Waals surface area contributed by atoms with Gasteiger partial charge in [-0.15, -0.1) is 12.4 Å². The van der Waals surface area contributed by atoms with Crippen molar-refractivity contribution in [1.82, 2.24) is 0 Å². The molecule has 0 aliphatic carbocycles. The van der Waals surface area contributed by atoms with E-state index < -0.39 is 5.97 Å². The maximum atomic E-state index is 9.31. The van der Waals surface area contributed by atoms with E-state index in [2.05, 4.69) is 4.74 Å². The summed E-state index contributed by atoms with van der Waals surface area (Å²) in [5.74, 6) is -2.18. The molecule has 0 spiro atoms. The third-order valence-electron chi connectivity index (χ3n) is 1.79. The van der Waals surface area contributed by atoms with Gasteiger partial charge in [-0.25, -0.2) is 0 Å². The molecule has 0 amide bonds. The van der Waals surface area contributed by atoms with E-state index in [1.54, 1.807) is 24.3 Å². The number of rotatable bonds is 0. The molecule has 0 saturated carbocycles. The topological polar surface area (TPSA) is 49.7 Å². The van der Waals surface area contributed by atoms with Gasteiger partial charge in [0.25, 0.3) is 0 Å². The van der Waals surface area contributed by atoms with E-state index in [0.717, 1.165) is 5.56 Å². The third kappa shape index (κ3) is 1.67. The smallest absolute Gasteiger partial charge is 0.351 e. The van der Waals surface area contributed by atoms with Gasteiger partial charge in [0.15, 0.2) is 0 Å². The fourth-order valence-corrected chi connectivity index (χ4v) is 1.20. The lowest BCUT2D eigenvalue weighted by molar-refractivity contribution is -0.327. The molecule has 0 fully saturated rings. The van der Waals surface area contributed by atoms with Crippen LogP contribution in [0.4, 0.5) is 0 Å². The first kappa shape index (κ1) is 10.1. The van der Waals surface area contributed by atoms with Crippen molar-refractivity contribution in [2.75, 3.05) is 0 Å². The van der Waals surface area contributed by atoms with Gasteiger partial charge in [-0.05, 0) is 17.7 Å². The second-order valence-corrected chi connectivity index (χ2v) is 2.62. The minimum Gasteiger partial charge on any atom is -0.444 e. The Morgan fingerprint density at radius 1 is 1.15 bits per heavy atom. The zero-order chi connectivity index (χ0) is 8.60. The fraction of sp³-hybridized carbons (Fsp3) is 0.111. The number of hydrogen-bond donors (Lipinski definition) is 2. The molecule has 0 bridgehead atoms. The Hall–Kier alpha value is -1.03. The molecular formula is C9H9ClO3. The number of benzene rings is 1. The molecule has 13 heavy (non-hydrogen) atoms. The maximum absolute atomic E-state index is 9.31. The van der Waals surface area contributed by atoms with Crippen molar-refractivity contribution in [1.29, 1.82) is 0 Å². The van der Waals surface area contributed by atoms with Gasteiger partial charge in [0.1, 0.15) is 0 Å². The molecule has 0 aromatic heterocycles. The highest BCUT2D eigenvalue weighted by Crippen LogP contribution is 2.28. The van der Waals surface area contributed by atoms with Crippen molar-refractivity contribution in [2.24, 2.45) is 0 Å². The summed E-state index contributed by atoms with van der Waals surface area (Å²) in [5, 5.41) is 18.6. The summed E-state index contributed by atoms with van der Waals surface area (Å²) >= 11 is 0. The van der Waals surface area contributed by atoms with Gasteiger partial charge in [0.05, 0.1) is 11.8 Å². The van der Waals surface area contributed by atoms with E-state index in [9.17, 15) is 10.2 Å². The molecule has 1 aliphatic rings. The Bertz CT molecular complexity index is 333. The highest BCUT2D eigenvalue weighted by Gasteiger charge is 2.31. The molecule has 1 aromatic rings. The van der Waals surface area contributed by atoms with Gasteiger partial charge < -0.3 is 14.9 Å². The summed E-state index contributed by atoms with van der Waals surface area (Å²) < 4.78 is 4.62. The van der Waals surface area contributed by atoms with Gasteiger partial charge in [-0.2, -0.15) is 0 Å². The van der Waals surface area contributed by atoms with Crippen LogP contribution in [0.25, 0.3) is 6.08 Å². The second-order valence-electron chi connectivity index (χ2n) is 2.62. The minimum absolute atomic E-state index is 0. The lowest BCUT2D eigenvalue weighted by atomic mass is 10.0. The first-order valence-electron chi connectivity index (χ1n) is 3.59. The minimum atomic E-state index is -2.18. The van der Waals surface area contributed by atoms with Crippen LogP contribution in [0, 0.1) is 0 Å². The van der Waals surface area contributed by atoms with Crippen LogP contribution >= 0.6 is 12.4 Å². The summed E-state index contributed by atoms with van der Waals surface area (Å²) in [5.41, 5.74) is 1.13. The molecule has 0 atom stereocenters. The lowest BCUT2D eigenvalue weighted by Crippen LogP contribution is -2.29. The maximum Gasteiger partial charge on any atom is 0.351 e. The number of fused-ring (bicyclic) bond motifs is 1. The largest absolute Gasteiger partial charge is 0.444 e. The third-order valence-corrected chi connectivity index (χ3v) is 1.79. The summed E-state index contributed by atoms with van der Waals surface area (Å²) in [6, 6.07) is 6.95. The molecule has 0 unspecified atom stereocenters. The van der Waals surface area contributed by atoms with Crippen LogP contribution in [0.2, 0.25) is 0 Å².